The molecule has 7 rings (SSSR count). The van der Waals surface area contributed by atoms with E-state index in [1.165, 1.54) is 48.9 Å². The maximum absolute atomic E-state index is 2.38. The summed E-state index contributed by atoms with van der Waals surface area (Å²) < 4.78 is 2.38. The molecule has 0 saturated carbocycles. The van der Waals surface area contributed by atoms with E-state index >= 15 is 0 Å². The van der Waals surface area contributed by atoms with Gasteiger partial charge >= 0.3 is 0 Å². The number of hydrogen-bond donors (Lipinski definition) is 0. The van der Waals surface area contributed by atoms with Crippen LogP contribution in [0.2, 0.25) is 0 Å². The van der Waals surface area contributed by atoms with Gasteiger partial charge in [-0.25, -0.2) is 9.69 Å². The Morgan fingerprint density at radius 2 is 1.18 bits per heavy atom. The van der Waals surface area contributed by atoms with Crippen LogP contribution in [-0.4, -0.2) is 4.68 Å². The van der Waals surface area contributed by atoms with Crippen LogP contribution in [-0.2, 0) is 0 Å². The predicted octanol–water partition coefficient (Wildman–Crippen LogP) is 10.3. The predicted molar refractivity (Wildman–Crippen MR) is 169 cm³/mol. The lowest BCUT2D eigenvalue weighted by Gasteiger charge is -2.28. The van der Waals surface area contributed by atoms with Gasteiger partial charge in [-0.05, 0) is 70.4 Å². The molecule has 0 radical (unpaired) electrons. The summed E-state index contributed by atoms with van der Waals surface area (Å²) in [6.07, 6.45) is 8.45. The van der Waals surface area contributed by atoms with Crippen LogP contribution in [0.1, 0.15) is 12.5 Å². The molecule has 2 heteroatoms. The zero-order valence-electron chi connectivity index (χ0n) is 21.8. The third-order valence-electron chi connectivity index (χ3n) is 7.46. The summed E-state index contributed by atoms with van der Waals surface area (Å²) >= 11 is 0. The Balaban J connectivity index is 1.62. The summed E-state index contributed by atoms with van der Waals surface area (Å²) in [5, 5.41) is 9.93. The van der Waals surface area contributed by atoms with Crippen LogP contribution in [0.3, 0.4) is 0 Å². The van der Waals surface area contributed by atoms with Gasteiger partial charge in [0.2, 0.25) is 0 Å². The minimum atomic E-state index is 1.11. The van der Waals surface area contributed by atoms with E-state index in [0.29, 0.717) is 0 Å². The van der Waals surface area contributed by atoms with Crippen LogP contribution < -0.4 is 5.01 Å². The first-order chi connectivity index (χ1) is 19.3. The SMILES string of the molecule is C/C=C\C=C/c1cccc2c1ccc1ccc3c(c4ccccc4n3N(c3ccccc3)c3ccccc3)c12. The van der Waals surface area contributed by atoms with Gasteiger partial charge in [0.15, 0.2) is 0 Å². The van der Waals surface area contributed by atoms with Crippen molar-refractivity contribution in [2.75, 3.05) is 5.01 Å². The smallest absolute Gasteiger partial charge is 0.0723 e. The molecule has 0 aliphatic rings. The number of fused-ring (bicyclic) bond motifs is 7. The van der Waals surface area contributed by atoms with E-state index in [9.17, 15) is 0 Å². The number of allylic oxidation sites excluding steroid dienone is 3. The second-order valence-electron chi connectivity index (χ2n) is 9.76. The number of benzene rings is 6. The van der Waals surface area contributed by atoms with Crippen molar-refractivity contribution < 1.29 is 0 Å². The Morgan fingerprint density at radius 3 is 1.92 bits per heavy atom. The van der Waals surface area contributed by atoms with Crippen LogP contribution in [0.5, 0.6) is 0 Å². The second-order valence-corrected chi connectivity index (χ2v) is 9.76. The van der Waals surface area contributed by atoms with Crippen molar-refractivity contribution in [3.8, 4) is 0 Å². The van der Waals surface area contributed by atoms with Crippen molar-refractivity contribution in [1.29, 1.82) is 0 Å². The molecule has 0 bridgehead atoms. The maximum atomic E-state index is 2.38. The highest BCUT2D eigenvalue weighted by molar-refractivity contribution is 6.28. The molecule has 0 aliphatic carbocycles. The highest BCUT2D eigenvalue weighted by Gasteiger charge is 2.21. The monoisotopic (exact) mass is 500 g/mol. The van der Waals surface area contributed by atoms with Crippen LogP contribution in [0.4, 0.5) is 11.4 Å². The van der Waals surface area contributed by atoms with Gasteiger partial charge in [0.25, 0.3) is 0 Å². The van der Waals surface area contributed by atoms with E-state index < -0.39 is 0 Å². The van der Waals surface area contributed by atoms with E-state index in [4.69, 9.17) is 0 Å². The lowest BCUT2D eigenvalue weighted by atomic mass is 9.95. The summed E-state index contributed by atoms with van der Waals surface area (Å²) in [5.74, 6) is 0. The molecular formula is C37H28N2. The number of anilines is 2. The van der Waals surface area contributed by atoms with Gasteiger partial charge in [-0.15, -0.1) is 0 Å². The summed E-state index contributed by atoms with van der Waals surface area (Å²) in [5.41, 5.74) is 5.80. The summed E-state index contributed by atoms with van der Waals surface area (Å²) in [6, 6.07) is 45.7. The third-order valence-corrected chi connectivity index (χ3v) is 7.46. The quantitative estimate of drug-likeness (QED) is 0.169. The minimum absolute atomic E-state index is 1.11. The molecule has 6 aromatic carbocycles. The lowest BCUT2D eigenvalue weighted by molar-refractivity contribution is 0.886. The van der Waals surface area contributed by atoms with Crippen LogP contribution >= 0.6 is 0 Å². The number of hydrogen-bond acceptors (Lipinski definition) is 1. The molecule has 0 aliphatic heterocycles. The van der Waals surface area contributed by atoms with Crippen molar-refractivity contribution in [3.63, 3.8) is 0 Å². The highest BCUT2D eigenvalue weighted by Crippen LogP contribution is 2.41. The van der Waals surface area contributed by atoms with Crippen molar-refractivity contribution in [1.82, 2.24) is 4.68 Å². The van der Waals surface area contributed by atoms with Gasteiger partial charge in [-0.2, -0.15) is 0 Å². The normalized spacial score (nSPS) is 12.0. The second kappa shape index (κ2) is 9.66. The Morgan fingerprint density at radius 1 is 0.513 bits per heavy atom. The minimum Gasteiger partial charge on any atom is -0.249 e. The molecule has 0 unspecified atom stereocenters. The van der Waals surface area contributed by atoms with Crippen molar-refractivity contribution in [3.05, 3.63) is 151 Å². The molecule has 0 amide bonds. The van der Waals surface area contributed by atoms with Crippen molar-refractivity contribution >= 4 is 60.8 Å². The lowest BCUT2D eigenvalue weighted by Crippen LogP contribution is -2.23. The summed E-state index contributed by atoms with van der Waals surface area (Å²) in [4.78, 5) is 0. The average Bonchev–Trinajstić information content (AvgIpc) is 3.33. The average molecular weight is 501 g/mol. The Kier molecular flexibility index (Phi) is 5.71. The molecule has 0 spiro atoms. The molecule has 0 N–H and O–H groups in total. The fourth-order valence-electron chi connectivity index (χ4n) is 5.80. The van der Waals surface area contributed by atoms with Gasteiger partial charge in [-0.1, -0.05) is 115 Å². The molecule has 2 nitrogen and oxygen atoms in total. The first-order valence-corrected chi connectivity index (χ1v) is 13.4. The molecule has 0 atom stereocenters. The number of para-hydroxylation sites is 3. The maximum Gasteiger partial charge on any atom is 0.0723 e. The fraction of sp³-hybridized carbons (Fsp3) is 0.0270. The highest BCUT2D eigenvalue weighted by atomic mass is 15.6. The fourth-order valence-corrected chi connectivity index (χ4v) is 5.80. The molecule has 39 heavy (non-hydrogen) atoms. The first-order valence-electron chi connectivity index (χ1n) is 13.4. The molecule has 0 fully saturated rings. The van der Waals surface area contributed by atoms with E-state index in [1.807, 2.05) is 6.92 Å². The van der Waals surface area contributed by atoms with E-state index in [2.05, 4.69) is 161 Å². The Labute approximate surface area is 228 Å². The zero-order valence-corrected chi connectivity index (χ0v) is 21.8. The topological polar surface area (TPSA) is 8.17 Å². The standard InChI is InChI=1S/C37H28N2/c1-2-3-6-14-27-15-13-21-32-31(27)25-23-28-24-26-35-37(36(28)32)33-20-11-12-22-34(33)39(35)38(29-16-7-4-8-17-29)30-18-9-5-10-19-30/h2-26H,1H3/b3-2-,14-6-. The zero-order chi connectivity index (χ0) is 26.2. The third kappa shape index (κ3) is 3.81. The number of aromatic nitrogens is 1. The molecule has 1 aromatic heterocycles. The van der Waals surface area contributed by atoms with Crippen molar-refractivity contribution in [2.24, 2.45) is 0 Å². The molecule has 186 valence electrons. The van der Waals surface area contributed by atoms with E-state index in [-0.39, 0.29) is 0 Å². The summed E-state index contributed by atoms with van der Waals surface area (Å²) in [7, 11) is 0. The molecular weight excluding hydrogens is 472 g/mol. The first kappa shape index (κ1) is 23.1. The van der Waals surface area contributed by atoms with Gasteiger partial charge in [0.1, 0.15) is 0 Å². The Hall–Kier alpha value is -5.08. The number of nitrogens with zero attached hydrogens (tertiary/aromatic N) is 2. The van der Waals surface area contributed by atoms with Gasteiger partial charge in [-0.3, -0.25) is 0 Å². The van der Waals surface area contributed by atoms with Crippen molar-refractivity contribution in [2.45, 2.75) is 6.92 Å². The van der Waals surface area contributed by atoms with E-state index in [1.54, 1.807) is 0 Å². The van der Waals surface area contributed by atoms with Crippen LogP contribution in [0, 0.1) is 0 Å². The van der Waals surface area contributed by atoms with Crippen LogP contribution in [0.15, 0.2) is 146 Å². The number of rotatable bonds is 5. The van der Waals surface area contributed by atoms with Gasteiger partial charge in [0, 0.05) is 10.8 Å². The molecule has 1 heterocycles. The van der Waals surface area contributed by atoms with Gasteiger partial charge in [0.05, 0.1) is 22.4 Å². The Bertz CT molecular complexity index is 1970. The van der Waals surface area contributed by atoms with Gasteiger partial charge < -0.3 is 0 Å². The van der Waals surface area contributed by atoms with Crippen LogP contribution in [0.25, 0.3) is 49.4 Å². The molecule has 0 saturated heterocycles. The summed E-state index contributed by atoms with van der Waals surface area (Å²) in [6.45, 7) is 2.04. The largest absolute Gasteiger partial charge is 0.249 e. The van der Waals surface area contributed by atoms with E-state index in [0.717, 1.165) is 11.4 Å². The molecule has 7 aromatic rings.